The molecule has 0 saturated heterocycles. The summed E-state index contributed by atoms with van der Waals surface area (Å²) in [6.07, 6.45) is 0. The van der Waals surface area contributed by atoms with Gasteiger partial charge in [0.25, 0.3) is 5.91 Å². The lowest BCUT2D eigenvalue weighted by molar-refractivity contribution is 0.102. The number of carbonyl (C=O) groups excluding carboxylic acids is 1. The highest BCUT2D eigenvalue weighted by Crippen LogP contribution is 2.15. The van der Waals surface area contributed by atoms with Gasteiger partial charge in [-0.3, -0.25) is 4.79 Å². The van der Waals surface area contributed by atoms with Crippen molar-refractivity contribution in [2.24, 2.45) is 0 Å². The minimum absolute atomic E-state index is 0.0970. The highest BCUT2D eigenvalue weighted by atomic mass is 32.2. The Hall–Kier alpha value is -2.25. The third kappa shape index (κ3) is 3.49. The van der Waals surface area contributed by atoms with Gasteiger partial charge in [0.1, 0.15) is 5.82 Å². The Bertz CT molecular complexity index is 787. The predicted octanol–water partition coefficient (Wildman–Crippen LogP) is 2.33. The maximum absolute atomic E-state index is 13.1. The first-order chi connectivity index (χ1) is 10.3. The number of rotatable bonds is 4. The van der Waals surface area contributed by atoms with Crippen LogP contribution in [0.25, 0.3) is 0 Å². The number of amides is 1. The van der Waals surface area contributed by atoms with Crippen LogP contribution in [-0.4, -0.2) is 32.7 Å². The first-order valence-corrected chi connectivity index (χ1v) is 7.84. The topological polar surface area (TPSA) is 66.5 Å². The average Bonchev–Trinajstić information content (AvgIpc) is 2.47. The third-order valence-corrected chi connectivity index (χ3v) is 4.81. The number of hydrogen-bond donors (Lipinski definition) is 1. The van der Waals surface area contributed by atoms with Gasteiger partial charge in [-0.25, -0.2) is 17.1 Å². The van der Waals surface area contributed by atoms with Crippen LogP contribution in [0.3, 0.4) is 0 Å². The van der Waals surface area contributed by atoms with Gasteiger partial charge in [0.15, 0.2) is 0 Å². The number of hydrogen-bond acceptors (Lipinski definition) is 3. The molecule has 5 nitrogen and oxygen atoms in total. The minimum Gasteiger partial charge on any atom is -0.322 e. The van der Waals surface area contributed by atoms with Crippen LogP contribution >= 0.6 is 0 Å². The van der Waals surface area contributed by atoms with Crippen molar-refractivity contribution in [1.82, 2.24) is 4.31 Å². The van der Waals surface area contributed by atoms with Crippen molar-refractivity contribution in [2.75, 3.05) is 19.4 Å². The molecule has 116 valence electrons. The third-order valence-electron chi connectivity index (χ3n) is 2.98. The fourth-order valence-electron chi connectivity index (χ4n) is 1.76. The molecule has 2 aromatic carbocycles. The Morgan fingerprint density at radius 1 is 1.09 bits per heavy atom. The van der Waals surface area contributed by atoms with Crippen molar-refractivity contribution >= 4 is 21.6 Å². The molecule has 2 aromatic rings. The Morgan fingerprint density at radius 3 is 2.27 bits per heavy atom. The molecule has 0 aliphatic rings. The van der Waals surface area contributed by atoms with Crippen molar-refractivity contribution in [3.63, 3.8) is 0 Å². The lowest BCUT2D eigenvalue weighted by Gasteiger charge is -2.11. The molecule has 0 atom stereocenters. The van der Waals surface area contributed by atoms with Gasteiger partial charge in [-0.05, 0) is 42.5 Å². The summed E-state index contributed by atoms with van der Waals surface area (Å²) >= 11 is 0. The fraction of sp³-hybridized carbons (Fsp3) is 0.133. The number of halogens is 1. The normalized spacial score (nSPS) is 11.5. The highest BCUT2D eigenvalue weighted by molar-refractivity contribution is 7.89. The number of sulfonamides is 1. The maximum atomic E-state index is 13.1. The molecule has 1 amide bonds. The average molecular weight is 322 g/mol. The van der Waals surface area contributed by atoms with Gasteiger partial charge in [-0.2, -0.15) is 0 Å². The molecule has 0 spiro atoms. The smallest absolute Gasteiger partial charge is 0.255 e. The second-order valence-corrected chi connectivity index (χ2v) is 6.93. The van der Waals surface area contributed by atoms with E-state index in [0.29, 0.717) is 5.69 Å². The largest absolute Gasteiger partial charge is 0.322 e. The molecule has 0 radical (unpaired) electrons. The maximum Gasteiger partial charge on any atom is 0.255 e. The van der Waals surface area contributed by atoms with Crippen molar-refractivity contribution in [2.45, 2.75) is 4.90 Å². The zero-order valence-corrected chi connectivity index (χ0v) is 12.9. The second-order valence-electron chi connectivity index (χ2n) is 4.78. The monoisotopic (exact) mass is 322 g/mol. The molecule has 0 unspecified atom stereocenters. The van der Waals surface area contributed by atoms with E-state index in [4.69, 9.17) is 0 Å². The highest BCUT2D eigenvalue weighted by Gasteiger charge is 2.17. The van der Waals surface area contributed by atoms with Crippen molar-refractivity contribution in [1.29, 1.82) is 0 Å². The number of benzene rings is 2. The van der Waals surface area contributed by atoms with Crippen LogP contribution in [0.4, 0.5) is 10.1 Å². The van der Waals surface area contributed by atoms with Gasteiger partial charge in [0.2, 0.25) is 10.0 Å². The SMILES string of the molecule is CN(C)S(=O)(=O)c1ccc(C(=O)Nc2cccc(F)c2)cc1. The molecule has 1 N–H and O–H groups in total. The first kappa shape index (κ1) is 16.1. The molecule has 0 aromatic heterocycles. The molecule has 7 heteroatoms. The first-order valence-electron chi connectivity index (χ1n) is 6.40. The van der Waals surface area contributed by atoms with Gasteiger partial charge >= 0.3 is 0 Å². The second kappa shape index (κ2) is 6.25. The van der Waals surface area contributed by atoms with Gasteiger partial charge < -0.3 is 5.32 Å². The molecule has 0 heterocycles. The van der Waals surface area contributed by atoms with Crippen molar-refractivity contribution in [3.05, 3.63) is 59.9 Å². The van der Waals surface area contributed by atoms with Crippen LogP contribution in [0.15, 0.2) is 53.4 Å². The van der Waals surface area contributed by atoms with Gasteiger partial charge in [0, 0.05) is 25.3 Å². The van der Waals surface area contributed by atoms with Crippen molar-refractivity contribution in [3.8, 4) is 0 Å². The summed E-state index contributed by atoms with van der Waals surface area (Å²) in [5, 5.41) is 2.54. The lowest BCUT2D eigenvalue weighted by atomic mass is 10.2. The molecular weight excluding hydrogens is 307 g/mol. The van der Waals surface area contributed by atoms with Crippen LogP contribution in [0.1, 0.15) is 10.4 Å². The Labute approximate surface area is 128 Å². The van der Waals surface area contributed by atoms with E-state index in [1.165, 1.54) is 56.6 Å². The summed E-state index contributed by atoms with van der Waals surface area (Å²) in [5.41, 5.74) is 0.608. The van der Waals surface area contributed by atoms with Crippen LogP contribution in [0, 0.1) is 5.82 Å². The molecule has 0 saturated carbocycles. The Kier molecular flexibility index (Phi) is 4.58. The molecule has 2 rings (SSSR count). The Balaban J connectivity index is 2.19. The van der Waals surface area contributed by atoms with Crippen LogP contribution in [0.5, 0.6) is 0 Å². The van der Waals surface area contributed by atoms with Crippen LogP contribution in [-0.2, 0) is 10.0 Å². The predicted molar refractivity (Wildman–Crippen MR) is 81.7 cm³/mol. The standard InChI is InChI=1S/C15H15FN2O3S/c1-18(2)22(20,21)14-8-6-11(7-9-14)15(19)17-13-5-3-4-12(16)10-13/h3-10H,1-2H3,(H,17,19). The summed E-state index contributed by atoms with van der Waals surface area (Å²) < 4.78 is 38.0. The number of nitrogens with one attached hydrogen (secondary N) is 1. The summed E-state index contributed by atoms with van der Waals surface area (Å²) in [6.45, 7) is 0. The number of nitrogens with zero attached hydrogens (tertiary/aromatic N) is 1. The van der Waals surface area contributed by atoms with E-state index >= 15 is 0 Å². The lowest BCUT2D eigenvalue weighted by Crippen LogP contribution is -2.22. The zero-order chi connectivity index (χ0) is 16.3. The summed E-state index contributed by atoms with van der Waals surface area (Å²) in [5.74, 6) is -0.898. The van der Waals surface area contributed by atoms with E-state index in [9.17, 15) is 17.6 Å². The summed E-state index contributed by atoms with van der Waals surface area (Å²) in [4.78, 5) is 12.1. The molecular formula is C15H15FN2O3S. The summed E-state index contributed by atoms with van der Waals surface area (Å²) in [6, 6.07) is 11.0. The van der Waals surface area contributed by atoms with Gasteiger partial charge in [-0.15, -0.1) is 0 Å². The van der Waals surface area contributed by atoms with E-state index < -0.39 is 21.7 Å². The van der Waals surface area contributed by atoms with Gasteiger partial charge in [-0.1, -0.05) is 6.07 Å². The number of carbonyl (C=O) groups is 1. The number of anilines is 1. The van der Waals surface area contributed by atoms with E-state index in [1.54, 1.807) is 6.07 Å². The molecule has 0 aliphatic heterocycles. The summed E-state index contributed by atoms with van der Waals surface area (Å²) in [7, 11) is -0.671. The van der Waals surface area contributed by atoms with Crippen LogP contribution in [0.2, 0.25) is 0 Å². The van der Waals surface area contributed by atoms with E-state index in [0.717, 1.165) is 4.31 Å². The quantitative estimate of drug-likeness (QED) is 0.939. The van der Waals surface area contributed by atoms with E-state index in [1.807, 2.05) is 0 Å². The Morgan fingerprint density at radius 2 is 1.73 bits per heavy atom. The molecule has 0 aliphatic carbocycles. The van der Waals surface area contributed by atoms with E-state index in [2.05, 4.69) is 5.32 Å². The minimum atomic E-state index is -3.53. The van der Waals surface area contributed by atoms with Gasteiger partial charge in [0.05, 0.1) is 4.90 Å². The van der Waals surface area contributed by atoms with E-state index in [-0.39, 0.29) is 10.5 Å². The fourth-order valence-corrected chi connectivity index (χ4v) is 2.66. The molecule has 22 heavy (non-hydrogen) atoms. The zero-order valence-electron chi connectivity index (χ0n) is 12.1. The molecule has 0 bridgehead atoms. The molecule has 0 fully saturated rings. The van der Waals surface area contributed by atoms with Crippen LogP contribution < -0.4 is 5.32 Å². The van der Waals surface area contributed by atoms with Crippen molar-refractivity contribution < 1.29 is 17.6 Å².